The van der Waals surface area contributed by atoms with Crippen LogP contribution in [-0.4, -0.2) is 17.8 Å². The molecule has 0 aliphatic carbocycles. The molecule has 0 saturated heterocycles. The molecule has 1 rings (SSSR count). The van der Waals surface area contributed by atoms with Crippen molar-refractivity contribution >= 4 is 0 Å². The highest BCUT2D eigenvalue weighted by Gasteiger charge is 2.28. The summed E-state index contributed by atoms with van der Waals surface area (Å²) in [5, 5.41) is 0. The van der Waals surface area contributed by atoms with Gasteiger partial charge in [0.1, 0.15) is 0 Å². The third-order valence-corrected chi connectivity index (χ3v) is 1.67. The summed E-state index contributed by atoms with van der Waals surface area (Å²) >= 11 is 0. The molecule has 1 heterocycles. The fourth-order valence-electron chi connectivity index (χ4n) is 1.09. The van der Waals surface area contributed by atoms with Gasteiger partial charge in [-0.1, -0.05) is 19.4 Å². The fourth-order valence-corrected chi connectivity index (χ4v) is 1.09. The Balaban J connectivity index is 2.57. The van der Waals surface area contributed by atoms with Crippen molar-refractivity contribution < 1.29 is 17.9 Å². The van der Waals surface area contributed by atoms with E-state index in [2.05, 4.69) is 9.72 Å². The van der Waals surface area contributed by atoms with E-state index in [1.165, 1.54) is 6.07 Å². The van der Waals surface area contributed by atoms with Gasteiger partial charge in [0.25, 0.3) is 0 Å². The van der Waals surface area contributed by atoms with Gasteiger partial charge in [0, 0.05) is 11.8 Å². The Bertz CT molecular complexity index is 312. The van der Waals surface area contributed by atoms with Crippen LogP contribution in [0.3, 0.4) is 0 Å². The number of aryl methyl sites for hydroxylation is 1. The average Bonchev–Trinajstić information content (AvgIpc) is 2.15. The highest BCUT2D eigenvalue weighted by Crippen LogP contribution is 2.17. The normalized spacial score (nSPS) is 11.5. The largest absolute Gasteiger partial charge is 0.468 e. The molecule has 0 fully saturated rings. The summed E-state index contributed by atoms with van der Waals surface area (Å²) in [5.41, 5.74) is 0.747. The minimum absolute atomic E-state index is 0.0262. The molecule has 0 atom stereocenters. The van der Waals surface area contributed by atoms with Gasteiger partial charge in [-0.25, -0.2) is 4.98 Å². The molecule has 0 aromatic carbocycles. The summed E-state index contributed by atoms with van der Waals surface area (Å²) in [4.78, 5) is 3.94. The maximum Gasteiger partial charge on any atom is 0.422 e. The molecule has 0 N–H and O–H groups in total. The molecular formula is C10H12F3NO. The summed E-state index contributed by atoms with van der Waals surface area (Å²) in [6, 6.07) is 4.83. The number of aromatic nitrogens is 1. The highest BCUT2D eigenvalue weighted by atomic mass is 19.4. The van der Waals surface area contributed by atoms with Crippen molar-refractivity contribution in [3.63, 3.8) is 0 Å². The second-order valence-corrected chi connectivity index (χ2v) is 3.12. The first kappa shape index (κ1) is 11.8. The van der Waals surface area contributed by atoms with Crippen molar-refractivity contribution in [1.82, 2.24) is 4.98 Å². The predicted octanol–water partition coefficient (Wildman–Crippen LogP) is 2.98. The summed E-state index contributed by atoms with van der Waals surface area (Å²) in [6.45, 7) is 0.681. The molecule has 5 heteroatoms. The molecular weight excluding hydrogens is 207 g/mol. The predicted molar refractivity (Wildman–Crippen MR) is 49.8 cm³/mol. The van der Waals surface area contributed by atoms with E-state index in [9.17, 15) is 13.2 Å². The first-order valence-corrected chi connectivity index (χ1v) is 4.67. The third-order valence-electron chi connectivity index (χ3n) is 1.67. The quantitative estimate of drug-likeness (QED) is 0.776. The van der Waals surface area contributed by atoms with Crippen LogP contribution >= 0.6 is 0 Å². The molecule has 0 spiro atoms. The number of rotatable bonds is 4. The van der Waals surface area contributed by atoms with Crippen molar-refractivity contribution in [2.75, 3.05) is 6.61 Å². The van der Waals surface area contributed by atoms with Crippen LogP contribution < -0.4 is 4.74 Å². The molecule has 0 radical (unpaired) electrons. The van der Waals surface area contributed by atoms with Gasteiger partial charge in [-0.2, -0.15) is 13.2 Å². The Morgan fingerprint density at radius 3 is 2.67 bits per heavy atom. The van der Waals surface area contributed by atoms with Crippen LogP contribution in [0.4, 0.5) is 13.2 Å². The lowest BCUT2D eigenvalue weighted by Crippen LogP contribution is -2.19. The summed E-state index contributed by atoms with van der Waals surface area (Å²) in [5.74, 6) is 0.0262. The fraction of sp³-hybridized carbons (Fsp3) is 0.500. The Morgan fingerprint density at radius 1 is 1.33 bits per heavy atom. The molecule has 0 unspecified atom stereocenters. The smallest absolute Gasteiger partial charge is 0.422 e. The van der Waals surface area contributed by atoms with E-state index in [1.54, 1.807) is 12.1 Å². The molecule has 84 valence electrons. The van der Waals surface area contributed by atoms with E-state index in [0.717, 1.165) is 18.5 Å². The number of ether oxygens (including phenoxy) is 1. The Hall–Kier alpha value is -1.26. The highest BCUT2D eigenvalue weighted by molar-refractivity contribution is 5.15. The van der Waals surface area contributed by atoms with Crippen molar-refractivity contribution in [2.45, 2.75) is 25.9 Å². The van der Waals surface area contributed by atoms with Crippen LogP contribution in [0.2, 0.25) is 0 Å². The van der Waals surface area contributed by atoms with E-state index in [4.69, 9.17) is 0 Å². The summed E-state index contributed by atoms with van der Waals surface area (Å²) < 4.78 is 40.0. The topological polar surface area (TPSA) is 22.1 Å². The van der Waals surface area contributed by atoms with Crippen LogP contribution in [0.5, 0.6) is 5.88 Å². The van der Waals surface area contributed by atoms with E-state index in [1.807, 2.05) is 6.92 Å². The van der Waals surface area contributed by atoms with Crippen molar-refractivity contribution in [1.29, 1.82) is 0 Å². The average molecular weight is 219 g/mol. The summed E-state index contributed by atoms with van der Waals surface area (Å²) in [6.07, 6.45) is -2.68. The number of hydrogen-bond donors (Lipinski definition) is 0. The molecule has 0 saturated carbocycles. The number of pyridine rings is 1. The van der Waals surface area contributed by atoms with Crippen LogP contribution in [0.15, 0.2) is 18.2 Å². The third kappa shape index (κ3) is 4.67. The van der Waals surface area contributed by atoms with E-state index in [-0.39, 0.29) is 5.88 Å². The van der Waals surface area contributed by atoms with E-state index in [0.29, 0.717) is 0 Å². The zero-order valence-electron chi connectivity index (χ0n) is 8.34. The zero-order chi connectivity index (χ0) is 11.3. The molecule has 1 aromatic heterocycles. The first-order chi connectivity index (χ1) is 7.01. The van der Waals surface area contributed by atoms with Gasteiger partial charge < -0.3 is 4.74 Å². The minimum Gasteiger partial charge on any atom is -0.468 e. The molecule has 1 aromatic rings. The summed E-state index contributed by atoms with van der Waals surface area (Å²) in [7, 11) is 0. The number of hydrogen-bond acceptors (Lipinski definition) is 2. The number of nitrogens with zero attached hydrogens (tertiary/aromatic N) is 1. The molecule has 15 heavy (non-hydrogen) atoms. The van der Waals surface area contributed by atoms with Gasteiger partial charge in [0.2, 0.25) is 5.88 Å². The van der Waals surface area contributed by atoms with Gasteiger partial charge >= 0.3 is 6.18 Å². The first-order valence-electron chi connectivity index (χ1n) is 4.67. The Morgan fingerprint density at radius 2 is 2.07 bits per heavy atom. The van der Waals surface area contributed by atoms with Gasteiger partial charge in [-0.05, 0) is 12.5 Å². The Labute approximate surface area is 86.1 Å². The SMILES string of the molecule is CCCc1cccc(OCC(F)(F)F)n1. The molecule has 2 nitrogen and oxygen atoms in total. The van der Waals surface area contributed by atoms with Crippen LogP contribution in [-0.2, 0) is 6.42 Å². The van der Waals surface area contributed by atoms with Crippen molar-refractivity contribution in [2.24, 2.45) is 0 Å². The van der Waals surface area contributed by atoms with Crippen molar-refractivity contribution in [3.05, 3.63) is 23.9 Å². The van der Waals surface area contributed by atoms with Crippen LogP contribution in [0, 0.1) is 0 Å². The lowest BCUT2D eigenvalue weighted by atomic mass is 10.2. The minimum atomic E-state index is -4.32. The maximum absolute atomic E-state index is 11.8. The number of halogens is 3. The molecule has 0 amide bonds. The molecule has 0 aliphatic rings. The zero-order valence-corrected chi connectivity index (χ0v) is 8.34. The van der Waals surface area contributed by atoms with Gasteiger partial charge in [0.15, 0.2) is 6.61 Å². The van der Waals surface area contributed by atoms with E-state index >= 15 is 0 Å². The van der Waals surface area contributed by atoms with Gasteiger partial charge in [-0.3, -0.25) is 0 Å². The maximum atomic E-state index is 11.8. The lowest BCUT2D eigenvalue weighted by Gasteiger charge is -2.08. The van der Waals surface area contributed by atoms with Crippen LogP contribution in [0.25, 0.3) is 0 Å². The molecule has 0 bridgehead atoms. The standard InChI is InChI=1S/C10H12F3NO/c1-2-4-8-5-3-6-9(14-8)15-7-10(11,12)13/h3,5-6H,2,4,7H2,1H3. The Kier molecular flexibility index (Phi) is 3.94. The number of alkyl halides is 3. The second kappa shape index (κ2) is 5.00. The second-order valence-electron chi connectivity index (χ2n) is 3.12. The van der Waals surface area contributed by atoms with Crippen molar-refractivity contribution in [3.8, 4) is 5.88 Å². The molecule has 0 aliphatic heterocycles. The lowest BCUT2D eigenvalue weighted by molar-refractivity contribution is -0.154. The van der Waals surface area contributed by atoms with Gasteiger partial charge in [-0.15, -0.1) is 0 Å². The van der Waals surface area contributed by atoms with E-state index < -0.39 is 12.8 Å². The van der Waals surface area contributed by atoms with Gasteiger partial charge in [0.05, 0.1) is 0 Å². The monoisotopic (exact) mass is 219 g/mol. The van der Waals surface area contributed by atoms with Crippen LogP contribution in [0.1, 0.15) is 19.0 Å².